The summed E-state index contributed by atoms with van der Waals surface area (Å²) in [6.45, 7) is 4.02. The Morgan fingerprint density at radius 1 is 1.03 bits per heavy atom. The van der Waals surface area contributed by atoms with Gasteiger partial charge < -0.3 is 9.47 Å². The molecule has 2 aliphatic rings. The van der Waals surface area contributed by atoms with Gasteiger partial charge in [-0.3, -0.25) is 4.79 Å². The van der Waals surface area contributed by atoms with Gasteiger partial charge in [0.1, 0.15) is 4.90 Å². The third-order valence-electron chi connectivity index (χ3n) is 5.73. The fourth-order valence-electron chi connectivity index (χ4n) is 4.16. The van der Waals surface area contributed by atoms with E-state index in [0.717, 1.165) is 15.8 Å². The molecule has 0 aliphatic carbocycles. The molecule has 160 valence electrons. The predicted molar refractivity (Wildman–Crippen MR) is 112 cm³/mol. The molecule has 0 amide bonds. The number of rotatable bonds is 3. The SMILES string of the molecule is Cc1nn(C(=O)c2ccc3c(c2)OCO3)c(C)c1S(=O)(=O)N1CCc2ccccc2C1. The first-order valence-electron chi connectivity index (χ1n) is 9.94. The lowest BCUT2D eigenvalue weighted by Gasteiger charge is -2.28. The molecule has 0 spiro atoms. The molecule has 9 heteroatoms. The molecule has 5 rings (SSSR count). The highest BCUT2D eigenvalue weighted by molar-refractivity contribution is 7.89. The third kappa shape index (κ3) is 3.21. The minimum Gasteiger partial charge on any atom is -0.454 e. The number of hydrogen-bond donors (Lipinski definition) is 0. The largest absolute Gasteiger partial charge is 0.454 e. The fraction of sp³-hybridized carbons (Fsp3) is 0.273. The Bertz CT molecular complexity index is 1310. The summed E-state index contributed by atoms with van der Waals surface area (Å²) >= 11 is 0. The van der Waals surface area contributed by atoms with E-state index >= 15 is 0 Å². The molecule has 0 atom stereocenters. The van der Waals surface area contributed by atoms with E-state index in [9.17, 15) is 13.2 Å². The normalized spacial score (nSPS) is 15.7. The minimum absolute atomic E-state index is 0.0842. The van der Waals surface area contributed by atoms with Crippen LogP contribution in [0.15, 0.2) is 47.4 Å². The Morgan fingerprint density at radius 2 is 1.77 bits per heavy atom. The molecule has 2 aromatic carbocycles. The van der Waals surface area contributed by atoms with Gasteiger partial charge in [-0.25, -0.2) is 8.42 Å². The Hall–Kier alpha value is -3.17. The van der Waals surface area contributed by atoms with Crippen molar-refractivity contribution < 1.29 is 22.7 Å². The molecule has 31 heavy (non-hydrogen) atoms. The fourth-order valence-corrected chi connectivity index (χ4v) is 5.93. The second-order valence-corrected chi connectivity index (χ2v) is 9.52. The summed E-state index contributed by atoms with van der Waals surface area (Å²) in [5.74, 6) is 0.620. The first kappa shape index (κ1) is 19.8. The van der Waals surface area contributed by atoms with Gasteiger partial charge in [-0.05, 0) is 49.6 Å². The summed E-state index contributed by atoms with van der Waals surface area (Å²) in [5.41, 5.74) is 3.09. The van der Waals surface area contributed by atoms with Gasteiger partial charge in [0.2, 0.25) is 16.8 Å². The topological polar surface area (TPSA) is 90.7 Å². The molecule has 0 unspecified atom stereocenters. The maximum atomic E-state index is 13.5. The molecule has 2 aliphatic heterocycles. The number of aromatic nitrogens is 2. The van der Waals surface area contributed by atoms with E-state index in [2.05, 4.69) is 5.10 Å². The average Bonchev–Trinajstić information content (AvgIpc) is 3.36. The highest BCUT2D eigenvalue weighted by Crippen LogP contribution is 2.33. The number of carbonyl (C=O) groups is 1. The Balaban J connectivity index is 1.49. The van der Waals surface area contributed by atoms with Gasteiger partial charge in [0.15, 0.2) is 11.5 Å². The van der Waals surface area contributed by atoms with Crippen molar-refractivity contribution in [3.63, 3.8) is 0 Å². The van der Waals surface area contributed by atoms with Gasteiger partial charge in [0, 0.05) is 18.7 Å². The number of carbonyl (C=O) groups excluding carboxylic acids is 1. The monoisotopic (exact) mass is 439 g/mol. The van der Waals surface area contributed by atoms with Crippen LogP contribution in [0.25, 0.3) is 0 Å². The van der Waals surface area contributed by atoms with Crippen molar-refractivity contribution in [1.29, 1.82) is 0 Å². The number of nitrogens with zero attached hydrogens (tertiary/aromatic N) is 3. The van der Waals surface area contributed by atoms with Crippen LogP contribution in [-0.4, -0.2) is 41.7 Å². The smallest absolute Gasteiger partial charge is 0.278 e. The van der Waals surface area contributed by atoms with E-state index < -0.39 is 15.9 Å². The van der Waals surface area contributed by atoms with Crippen LogP contribution in [0.4, 0.5) is 0 Å². The molecular formula is C22H21N3O5S. The molecule has 0 fully saturated rings. The summed E-state index contributed by atoms with van der Waals surface area (Å²) in [7, 11) is -3.82. The first-order chi connectivity index (χ1) is 14.9. The van der Waals surface area contributed by atoms with E-state index in [1.807, 2.05) is 24.3 Å². The Kier molecular flexibility index (Phi) is 4.60. The lowest BCUT2D eigenvalue weighted by Crippen LogP contribution is -2.36. The second-order valence-electron chi connectivity index (χ2n) is 7.64. The zero-order chi connectivity index (χ0) is 21.8. The van der Waals surface area contributed by atoms with Crippen molar-refractivity contribution in [3.8, 4) is 11.5 Å². The summed E-state index contributed by atoms with van der Waals surface area (Å²) < 4.78 is 40.2. The minimum atomic E-state index is -3.82. The van der Waals surface area contributed by atoms with E-state index in [1.54, 1.807) is 32.0 Å². The van der Waals surface area contributed by atoms with Crippen molar-refractivity contribution in [3.05, 3.63) is 70.5 Å². The van der Waals surface area contributed by atoms with Crippen molar-refractivity contribution in [2.75, 3.05) is 13.3 Å². The maximum absolute atomic E-state index is 13.5. The number of fused-ring (bicyclic) bond motifs is 2. The zero-order valence-electron chi connectivity index (χ0n) is 17.2. The molecule has 0 radical (unpaired) electrons. The van der Waals surface area contributed by atoms with Gasteiger partial charge in [0.05, 0.1) is 11.4 Å². The number of sulfonamides is 1. The van der Waals surface area contributed by atoms with Crippen molar-refractivity contribution in [2.24, 2.45) is 0 Å². The lowest BCUT2D eigenvalue weighted by molar-refractivity contribution is 0.0941. The highest BCUT2D eigenvalue weighted by atomic mass is 32.2. The summed E-state index contributed by atoms with van der Waals surface area (Å²) in [6, 6.07) is 12.7. The highest BCUT2D eigenvalue weighted by Gasteiger charge is 2.34. The molecular weight excluding hydrogens is 418 g/mol. The molecule has 1 aromatic heterocycles. The van der Waals surface area contributed by atoms with Gasteiger partial charge in [0.25, 0.3) is 5.91 Å². The molecule has 0 N–H and O–H groups in total. The maximum Gasteiger partial charge on any atom is 0.278 e. The van der Waals surface area contributed by atoms with Crippen LogP contribution in [-0.2, 0) is 23.0 Å². The van der Waals surface area contributed by atoms with Gasteiger partial charge in [-0.2, -0.15) is 14.1 Å². The molecule has 0 bridgehead atoms. The quantitative estimate of drug-likeness (QED) is 0.623. The zero-order valence-corrected chi connectivity index (χ0v) is 18.0. The van der Waals surface area contributed by atoms with Crippen molar-refractivity contribution in [2.45, 2.75) is 31.7 Å². The van der Waals surface area contributed by atoms with Gasteiger partial charge in [-0.1, -0.05) is 24.3 Å². The predicted octanol–water partition coefficient (Wildman–Crippen LogP) is 2.66. The average molecular weight is 439 g/mol. The van der Waals surface area contributed by atoms with Crippen LogP contribution in [0.1, 0.15) is 32.9 Å². The first-order valence-corrected chi connectivity index (χ1v) is 11.4. The van der Waals surface area contributed by atoms with Crippen LogP contribution < -0.4 is 9.47 Å². The van der Waals surface area contributed by atoms with Crippen LogP contribution in [0.5, 0.6) is 11.5 Å². The van der Waals surface area contributed by atoms with Crippen molar-refractivity contribution in [1.82, 2.24) is 14.1 Å². The third-order valence-corrected chi connectivity index (χ3v) is 7.83. The molecule has 8 nitrogen and oxygen atoms in total. The van der Waals surface area contributed by atoms with E-state index in [-0.39, 0.29) is 11.7 Å². The standard InChI is InChI=1S/C22H21N3O5S/c1-14-21(31(27,28)24-10-9-16-5-3-4-6-18(16)12-24)15(2)25(23-14)22(26)17-7-8-19-20(11-17)30-13-29-19/h3-8,11H,9-10,12-13H2,1-2H3. The number of aryl methyl sites for hydroxylation is 1. The van der Waals surface area contributed by atoms with Crippen LogP contribution in [0, 0.1) is 13.8 Å². The molecule has 0 saturated heterocycles. The molecule has 0 saturated carbocycles. The van der Waals surface area contributed by atoms with E-state index in [0.29, 0.717) is 48.0 Å². The lowest BCUT2D eigenvalue weighted by atomic mass is 10.0. The number of ether oxygens (including phenoxy) is 2. The number of benzene rings is 2. The van der Waals surface area contributed by atoms with Gasteiger partial charge >= 0.3 is 0 Å². The van der Waals surface area contributed by atoms with Crippen molar-refractivity contribution >= 4 is 15.9 Å². The van der Waals surface area contributed by atoms with Crippen LogP contribution in [0.3, 0.4) is 0 Å². The van der Waals surface area contributed by atoms with E-state index in [4.69, 9.17) is 9.47 Å². The van der Waals surface area contributed by atoms with E-state index in [1.165, 1.54) is 4.31 Å². The summed E-state index contributed by atoms with van der Waals surface area (Å²) in [4.78, 5) is 13.2. The summed E-state index contributed by atoms with van der Waals surface area (Å²) in [6.07, 6.45) is 0.651. The van der Waals surface area contributed by atoms with Crippen LogP contribution >= 0.6 is 0 Å². The molecule has 3 aromatic rings. The summed E-state index contributed by atoms with van der Waals surface area (Å²) in [5, 5.41) is 4.27. The Morgan fingerprint density at radius 3 is 2.58 bits per heavy atom. The molecule has 3 heterocycles. The number of hydrogen-bond acceptors (Lipinski definition) is 6. The Labute approximate surface area is 180 Å². The van der Waals surface area contributed by atoms with Crippen LogP contribution in [0.2, 0.25) is 0 Å². The van der Waals surface area contributed by atoms with Gasteiger partial charge in [-0.15, -0.1) is 0 Å². The second kappa shape index (κ2) is 7.21.